The minimum absolute atomic E-state index is 0.331. The van der Waals surface area contributed by atoms with Crippen LogP contribution >= 0.6 is 0 Å². The van der Waals surface area contributed by atoms with Crippen LogP contribution in [0.5, 0.6) is 0 Å². The van der Waals surface area contributed by atoms with Crippen molar-refractivity contribution in [2.45, 2.75) is 57.5 Å². The Hall–Kier alpha value is -0.860. The molecule has 3 rings (SSSR count). The van der Waals surface area contributed by atoms with Crippen molar-refractivity contribution in [3.63, 3.8) is 0 Å². The van der Waals surface area contributed by atoms with Gasteiger partial charge in [0.1, 0.15) is 0 Å². The molecule has 1 aliphatic heterocycles. The highest BCUT2D eigenvalue weighted by Crippen LogP contribution is 2.35. The molecular weight excluding hydrogens is 244 g/mol. The van der Waals surface area contributed by atoms with Gasteiger partial charge in [0.05, 0.1) is 0 Å². The Morgan fingerprint density at radius 3 is 2.45 bits per heavy atom. The lowest BCUT2D eigenvalue weighted by Gasteiger charge is -2.45. The van der Waals surface area contributed by atoms with Crippen molar-refractivity contribution in [1.29, 1.82) is 0 Å². The van der Waals surface area contributed by atoms with E-state index >= 15 is 0 Å². The molecule has 0 spiro atoms. The third-order valence-corrected chi connectivity index (χ3v) is 5.47. The van der Waals surface area contributed by atoms with Crippen LogP contribution in [0, 0.1) is 12.8 Å². The zero-order valence-electron chi connectivity index (χ0n) is 12.9. The molecule has 0 aromatic heterocycles. The minimum Gasteiger partial charge on any atom is -0.327 e. The van der Waals surface area contributed by atoms with Crippen LogP contribution in [0.2, 0.25) is 0 Å². The molecule has 1 aliphatic carbocycles. The molecule has 110 valence electrons. The fraction of sp³-hybridized carbons (Fsp3) is 0.667. The van der Waals surface area contributed by atoms with Crippen LogP contribution in [-0.4, -0.2) is 30.1 Å². The van der Waals surface area contributed by atoms with Crippen LogP contribution in [0.3, 0.4) is 0 Å². The van der Waals surface area contributed by atoms with Crippen LogP contribution in [-0.2, 0) is 0 Å². The number of rotatable bonds is 3. The van der Waals surface area contributed by atoms with Gasteiger partial charge in [0.2, 0.25) is 0 Å². The van der Waals surface area contributed by atoms with Gasteiger partial charge in [-0.2, -0.15) is 0 Å². The van der Waals surface area contributed by atoms with Gasteiger partial charge in [-0.05, 0) is 50.5 Å². The van der Waals surface area contributed by atoms with Gasteiger partial charge in [-0.15, -0.1) is 0 Å². The van der Waals surface area contributed by atoms with Crippen molar-refractivity contribution >= 4 is 0 Å². The maximum atomic E-state index is 6.34. The molecule has 3 atom stereocenters. The Labute approximate surface area is 123 Å². The highest BCUT2D eigenvalue weighted by molar-refractivity contribution is 5.25. The van der Waals surface area contributed by atoms with E-state index in [0.29, 0.717) is 18.0 Å². The first kappa shape index (κ1) is 14.1. The van der Waals surface area contributed by atoms with Gasteiger partial charge in [-0.25, -0.2) is 0 Å². The SMILES string of the molecule is Cc1ccc(C2CC(N)CN(C(C)C3CCC3)C2)cc1. The number of aryl methyl sites for hydroxylation is 1. The second kappa shape index (κ2) is 5.87. The van der Waals surface area contributed by atoms with Crippen molar-refractivity contribution in [3.8, 4) is 0 Å². The third kappa shape index (κ3) is 2.91. The monoisotopic (exact) mass is 272 g/mol. The molecule has 1 heterocycles. The van der Waals surface area contributed by atoms with Crippen molar-refractivity contribution in [2.75, 3.05) is 13.1 Å². The molecule has 2 N–H and O–H groups in total. The van der Waals surface area contributed by atoms with E-state index in [9.17, 15) is 0 Å². The summed E-state index contributed by atoms with van der Waals surface area (Å²) in [7, 11) is 0. The normalized spacial score (nSPS) is 29.9. The van der Waals surface area contributed by atoms with Gasteiger partial charge in [0.25, 0.3) is 0 Å². The Kier molecular flexibility index (Phi) is 4.13. The van der Waals surface area contributed by atoms with Gasteiger partial charge in [-0.1, -0.05) is 36.2 Å². The summed E-state index contributed by atoms with van der Waals surface area (Å²) < 4.78 is 0. The van der Waals surface area contributed by atoms with Crippen molar-refractivity contribution in [3.05, 3.63) is 35.4 Å². The fourth-order valence-corrected chi connectivity index (χ4v) is 3.81. The Bertz CT molecular complexity index is 435. The third-order valence-electron chi connectivity index (χ3n) is 5.47. The van der Waals surface area contributed by atoms with E-state index < -0.39 is 0 Å². The zero-order valence-corrected chi connectivity index (χ0v) is 12.9. The van der Waals surface area contributed by atoms with Crippen LogP contribution < -0.4 is 5.73 Å². The Morgan fingerprint density at radius 2 is 1.85 bits per heavy atom. The largest absolute Gasteiger partial charge is 0.327 e. The molecule has 2 heteroatoms. The van der Waals surface area contributed by atoms with Gasteiger partial charge < -0.3 is 5.73 Å². The number of nitrogens with zero attached hydrogens (tertiary/aromatic N) is 1. The first-order chi connectivity index (χ1) is 9.63. The summed E-state index contributed by atoms with van der Waals surface area (Å²) in [6.45, 7) is 6.84. The summed E-state index contributed by atoms with van der Waals surface area (Å²) in [6, 6.07) is 10.1. The number of likely N-dealkylation sites (tertiary alicyclic amines) is 1. The van der Waals surface area contributed by atoms with Crippen molar-refractivity contribution < 1.29 is 0 Å². The molecule has 20 heavy (non-hydrogen) atoms. The van der Waals surface area contributed by atoms with E-state index in [2.05, 4.69) is 43.0 Å². The van der Waals surface area contributed by atoms with Gasteiger partial charge in [0, 0.05) is 25.2 Å². The number of hydrogen-bond acceptors (Lipinski definition) is 2. The minimum atomic E-state index is 0.331. The molecule has 0 radical (unpaired) electrons. The number of nitrogens with two attached hydrogens (primary N) is 1. The Balaban J connectivity index is 1.70. The predicted octanol–water partition coefficient (Wildman–Crippen LogP) is 3.30. The number of benzene rings is 1. The lowest BCUT2D eigenvalue weighted by Crippen LogP contribution is -2.52. The maximum absolute atomic E-state index is 6.34. The van der Waals surface area contributed by atoms with Gasteiger partial charge in [-0.3, -0.25) is 4.90 Å². The molecule has 1 saturated carbocycles. The molecule has 2 fully saturated rings. The second-order valence-electron chi connectivity index (χ2n) is 6.99. The van der Waals surface area contributed by atoms with Crippen LogP contribution in [0.1, 0.15) is 49.7 Å². The van der Waals surface area contributed by atoms with Gasteiger partial charge >= 0.3 is 0 Å². The molecule has 3 unspecified atom stereocenters. The van der Waals surface area contributed by atoms with E-state index in [1.165, 1.54) is 36.9 Å². The van der Waals surface area contributed by atoms with Crippen LogP contribution in [0.4, 0.5) is 0 Å². The lowest BCUT2D eigenvalue weighted by atomic mass is 9.78. The molecule has 2 nitrogen and oxygen atoms in total. The quantitative estimate of drug-likeness (QED) is 0.915. The molecule has 0 bridgehead atoms. The number of hydrogen-bond donors (Lipinski definition) is 1. The van der Waals surface area contributed by atoms with Gasteiger partial charge in [0.15, 0.2) is 0 Å². The van der Waals surface area contributed by atoms with Crippen LogP contribution in [0.15, 0.2) is 24.3 Å². The summed E-state index contributed by atoms with van der Waals surface area (Å²) in [5, 5.41) is 0. The lowest BCUT2D eigenvalue weighted by molar-refractivity contribution is 0.0738. The fourth-order valence-electron chi connectivity index (χ4n) is 3.81. The molecular formula is C18H28N2. The summed E-state index contributed by atoms with van der Waals surface area (Å²) >= 11 is 0. The van der Waals surface area contributed by atoms with Crippen molar-refractivity contribution in [1.82, 2.24) is 4.90 Å². The smallest absolute Gasteiger partial charge is 0.0174 e. The second-order valence-corrected chi connectivity index (χ2v) is 6.99. The van der Waals surface area contributed by atoms with E-state index in [1.54, 1.807) is 0 Å². The summed E-state index contributed by atoms with van der Waals surface area (Å²) in [4.78, 5) is 2.66. The average molecular weight is 272 g/mol. The highest BCUT2D eigenvalue weighted by Gasteiger charge is 2.33. The van der Waals surface area contributed by atoms with E-state index in [4.69, 9.17) is 5.73 Å². The zero-order chi connectivity index (χ0) is 14.1. The molecule has 2 aliphatic rings. The predicted molar refractivity (Wildman–Crippen MR) is 84.9 cm³/mol. The van der Waals surface area contributed by atoms with E-state index in [1.807, 2.05) is 0 Å². The molecule has 1 aromatic rings. The summed E-state index contributed by atoms with van der Waals surface area (Å²) in [6.07, 6.45) is 5.40. The van der Waals surface area contributed by atoms with Crippen molar-refractivity contribution in [2.24, 2.45) is 11.7 Å². The Morgan fingerprint density at radius 1 is 1.15 bits per heavy atom. The summed E-state index contributed by atoms with van der Waals surface area (Å²) in [5.74, 6) is 1.53. The molecule has 1 saturated heterocycles. The average Bonchev–Trinajstić information content (AvgIpc) is 2.36. The van der Waals surface area contributed by atoms with E-state index in [-0.39, 0.29) is 0 Å². The standard InChI is InChI=1S/C18H28N2/c1-13-6-8-16(9-7-13)17-10-18(19)12-20(11-17)14(2)15-4-3-5-15/h6-9,14-15,17-18H,3-5,10-12,19H2,1-2H3. The first-order valence-corrected chi connectivity index (χ1v) is 8.19. The van der Waals surface area contributed by atoms with Crippen LogP contribution in [0.25, 0.3) is 0 Å². The molecule has 1 aromatic carbocycles. The highest BCUT2D eigenvalue weighted by atomic mass is 15.2. The first-order valence-electron chi connectivity index (χ1n) is 8.19. The van der Waals surface area contributed by atoms with E-state index in [0.717, 1.165) is 18.9 Å². The topological polar surface area (TPSA) is 29.3 Å². The summed E-state index contributed by atoms with van der Waals surface area (Å²) in [5.41, 5.74) is 9.15. The maximum Gasteiger partial charge on any atom is 0.0174 e. The molecule has 0 amide bonds. The number of piperidine rings is 1.